The Morgan fingerprint density at radius 1 is 1.46 bits per heavy atom. The zero-order valence-electron chi connectivity index (χ0n) is 7.79. The second-order valence-electron chi connectivity index (χ2n) is 3.54. The highest BCUT2D eigenvalue weighted by molar-refractivity contribution is 5.33. The standard InChI is InChI=1S/C11H14O2/c1-8-2-3-9-4-5-13-7-11(12)10(9)6-8/h2-3,6,11-12H,4-5,7H2,1H3. The Morgan fingerprint density at radius 3 is 3.15 bits per heavy atom. The van der Waals surface area contributed by atoms with Gasteiger partial charge in [-0.05, 0) is 24.5 Å². The van der Waals surface area contributed by atoms with E-state index >= 15 is 0 Å². The van der Waals surface area contributed by atoms with Crippen molar-refractivity contribution in [1.29, 1.82) is 0 Å². The van der Waals surface area contributed by atoms with Crippen LogP contribution in [-0.2, 0) is 11.2 Å². The fourth-order valence-electron chi connectivity index (χ4n) is 1.72. The highest BCUT2D eigenvalue weighted by atomic mass is 16.5. The normalized spacial score (nSPS) is 22.2. The molecule has 2 nitrogen and oxygen atoms in total. The summed E-state index contributed by atoms with van der Waals surface area (Å²) in [5.74, 6) is 0. The van der Waals surface area contributed by atoms with Gasteiger partial charge in [-0.1, -0.05) is 23.8 Å². The van der Waals surface area contributed by atoms with Gasteiger partial charge in [0, 0.05) is 0 Å². The summed E-state index contributed by atoms with van der Waals surface area (Å²) in [5, 5.41) is 9.74. The number of hydrogen-bond acceptors (Lipinski definition) is 2. The van der Waals surface area contributed by atoms with Crippen molar-refractivity contribution in [2.45, 2.75) is 19.4 Å². The van der Waals surface area contributed by atoms with E-state index in [-0.39, 0.29) is 0 Å². The summed E-state index contributed by atoms with van der Waals surface area (Å²) in [7, 11) is 0. The summed E-state index contributed by atoms with van der Waals surface area (Å²) in [6.45, 7) is 3.18. The van der Waals surface area contributed by atoms with Crippen LogP contribution in [0.3, 0.4) is 0 Å². The Hall–Kier alpha value is -0.860. The first-order chi connectivity index (χ1) is 6.27. The highest BCUT2D eigenvalue weighted by Gasteiger charge is 2.15. The lowest BCUT2D eigenvalue weighted by atomic mass is 9.99. The quantitative estimate of drug-likeness (QED) is 0.654. The van der Waals surface area contributed by atoms with Crippen LogP contribution in [0.15, 0.2) is 18.2 Å². The van der Waals surface area contributed by atoms with Crippen LogP contribution in [0.5, 0.6) is 0 Å². The summed E-state index contributed by atoms with van der Waals surface area (Å²) in [6, 6.07) is 6.22. The van der Waals surface area contributed by atoms with E-state index in [0.717, 1.165) is 12.0 Å². The Kier molecular flexibility index (Phi) is 2.34. The van der Waals surface area contributed by atoms with Crippen molar-refractivity contribution < 1.29 is 9.84 Å². The maximum atomic E-state index is 9.74. The minimum atomic E-state index is -0.447. The lowest BCUT2D eigenvalue weighted by Crippen LogP contribution is -2.04. The predicted molar refractivity (Wildman–Crippen MR) is 50.7 cm³/mol. The largest absolute Gasteiger partial charge is 0.386 e. The predicted octanol–water partition coefficient (Wildman–Crippen LogP) is 1.60. The SMILES string of the molecule is Cc1ccc2c(c1)C(O)COCC2. The van der Waals surface area contributed by atoms with Crippen molar-refractivity contribution in [2.75, 3.05) is 13.2 Å². The Bertz CT molecular complexity index is 307. The van der Waals surface area contributed by atoms with E-state index < -0.39 is 6.10 Å². The van der Waals surface area contributed by atoms with Gasteiger partial charge in [0.25, 0.3) is 0 Å². The summed E-state index contributed by atoms with van der Waals surface area (Å²) < 4.78 is 5.28. The van der Waals surface area contributed by atoms with Crippen LogP contribution < -0.4 is 0 Å². The smallest absolute Gasteiger partial charge is 0.103 e. The maximum absolute atomic E-state index is 9.74. The molecule has 1 aromatic rings. The van der Waals surface area contributed by atoms with Gasteiger partial charge in [0.2, 0.25) is 0 Å². The van der Waals surface area contributed by atoms with Gasteiger partial charge >= 0.3 is 0 Å². The number of hydrogen-bond donors (Lipinski definition) is 1. The zero-order valence-corrected chi connectivity index (χ0v) is 7.79. The number of ether oxygens (including phenoxy) is 1. The zero-order chi connectivity index (χ0) is 9.26. The lowest BCUT2D eigenvalue weighted by Gasteiger charge is -2.11. The minimum absolute atomic E-state index is 0.427. The van der Waals surface area contributed by atoms with Crippen molar-refractivity contribution in [3.63, 3.8) is 0 Å². The molecule has 1 aliphatic heterocycles. The molecule has 13 heavy (non-hydrogen) atoms. The summed E-state index contributed by atoms with van der Waals surface area (Å²) >= 11 is 0. The van der Waals surface area contributed by atoms with Crippen LogP contribution in [0.25, 0.3) is 0 Å². The molecule has 2 heteroatoms. The van der Waals surface area contributed by atoms with E-state index in [1.54, 1.807) is 0 Å². The van der Waals surface area contributed by atoms with Crippen molar-refractivity contribution in [3.05, 3.63) is 34.9 Å². The molecule has 0 aromatic heterocycles. The number of aliphatic hydroxyl groups excluding tert-OH is 1. The molecule has 0 aliphatic carbocycles. The van der Waals surface area contributed by atoms with Crippen molar-refractivity contribution in [2.24, 2.45) is 0 Å². The van der Waals surface area contributed by atoms with E-state index in [9.17, 15) is 5.11 Å². The Morgan fingerprint density at radius 2 is 2.31 bits per heavy atom. The molecule has 0 spiro atoms. The molecular weight excluding hydrogens is 164 g/mol. The molecule has 0 bridgehead atoms. The molecule has 0 amide bonds. The maximum Gasteiger partial charge on any atom is 0.103 e. The first kappa shape index (κ1) is 8.73. The summed E-state index contributed by atoms with van der Waals surface area (Å²) in [5.41, 5.74) is 3.45. The highest BCUT2D eigenvalue weighted by Crippen LogP contribution is 2.23. The summed E-state index contributed by atoms with van der Waals surface area (Å²) in [4.78, 5) is 0. The molecule has 1 aromatic carbocycles. The Labute approximate surface area is 78.2 Å². The third-order valence-corrected chi connectivity index (χ3v) is 2.45. The molecule has 2 rings (SSSR count). The monoisotopic (exact) mass is 178 g/mol. The van der Waals surface area contributed by atoms with Gasteiger partial charge in [0.15, 0.2) is 0 Å². The number of benzene rings is 1. The molecule has 1 aliphatic rings. The third-order valence-electron chi connectivity index (χ3n) is 2.45. The molecular formula is C11H14O2. The van der Waals surface area contributed by atoms with Crippen LogP contribution in [-0.4, -0.2) is 18.3 Å². The molecule has 0 saturated heterocycles. The Balaban J connectivity index is 2.43. The lowest BCUT2D eigenvalue weighted by molar-refractivity contribution is 0.0451. The molecule has 1 unspecified atom stereocenters. The average Bonchev–Trinajstić information content (AvgIpc) is 2.29. The van der Waals surface area contributed by atoms with Crippen molar-refractivity contribution in [3.8, 4) is 0 Å². The van der Waals surface area contributed by atoms with Gasteiger partial charge < -0.3 is 9.84 Å². The van der Waals surface area contributed by atoms with Crippen molar-refractivity contribution in [1.82, 2.24) is 0 Å². The third kappa shape index (κ3) is 1.74. The van der Waals surface area contributed by atoms with E-state index in [2.05, 4.69) is 18.2 Å². The van der Waals surface area contributed by atoms with Crippen molar-refractivity contribution >= 4 is 0 Å². The van der Waals surface area contributed by atoms with E-state index in [4.69, 9.17) is 4.74 Å². The fourth-order valence-corrected chi connectivity index (χ4v) is 1.72. The minimum Gasteiger partial charge on any atom is -0.386 e. The fraction of sp³-hybridized carbons (Fsp3) is 0.455. The molecule has 0 radical (unpaired) electrons. The second kappa shape index (κ2) is 3.48. The molecule has 1 N–H and O–H groups in total. The van der Waals surface area contributed by atoms with Crippen LogP contribution >= 0.6 is 0 Å². The molecule has 0 fully saturated rings. The first-order valence-electron chi connectivity index (χ1n) is 4.62. The molecule has 70 valence electrons. The van der Waals surface area contributed by atoms with Gasteiger partial charge in [-0.3, -0.25) is 0 Å². The van der Waals surface area contributed by atoms with E-state index in [1.165, 1.54) is 11.1 Å². The van der Waals surface area contributed by atoms with E-state index in [0.29, 0.717) is 13.2 Å². The van der Waals surface area contributed by atoms with Crippen LogP contribution in [0.1, 0.15) is 22.8 Å². The summed E-state index contributed by atoms with van der Waals surface area (Å²) in [6.07, 6.45) is 0.463. The number of fused-ring (bicyclic) bond motifs is 1. The molecule has 0 saturated carbocycles. The van der Waals surface area contributed by atoms with Gasteiger partial charge in [-0.25, -0.2) is 0 Å². The topological polar surface area (TPSA) is 29.5 Å². The van der Waals surface area contributed by atoms with Crippen LogP contribution in [0, 0.1) is 6.92 Å². The van der Waals surface area contributed by atoms with Gasteiger partial charge in [-0.15, -0.1) is 0 Å². The second-order valence-corrected chi connectivity index (χ2v) is 3.54. The molecule has 1 heterocycles. The molecule has 1 atom stereocenters. The van der Waals surface area contributed by atoms with Crippen LogP contribution in [0.2, 0.25) is 0 Å². The number of aliphatic hydroxyl groups is 1. The van der Waals surface area contributed by atoms with Gasteiger partial charge in [0.05, 0.1) is 13.2 Å². The van der Waals surface area contributed by atoms with Gasteiger partial charge in [-0.2, -0.15) is 0 Å². The van der Waals surface area contributed by atoms with Crippen LogP contribution in [0.4, 0.5) is 0 Å². The van der Waals surface area contributed by atoms with Gasteiger partial charge in [0.1, 0.15) is 6.10 Å². The first-order valence-corrected chi connectivity index (χ1v) is 4.62. The number of aryl methyl sites for hydroxylation is 1. The van der Waals surface area contributed by atoms with E-state index in [1.807, 2.05) is 6.92 Å². The number of rotatable bonds is 0. The average molecular weight is 178 g/mol.